The van der Waals surface area contributed by atoms with Crippen molar-refractivity contribution in [2.45, 2.75) is 46.6 Å². The Morgan fingerprint density at radius 1 is 1.18 bits per heavy atom. The summed E-state index contributed by atoms with van der Waals surface area (Å²) in [6.07, 6.45) is -0.128. The summed E-state index contributed by atoms with van der Waals surface area (Å²) in [6.45, 7) is 6.89. The molecular formula is C11H20N2O4. The first-order valence-corrected chi connectivity index (χ1v) is 5.44. The maximum Gasteiger partial charge on any atom is 0.321 e. The Hall–Kier alpha value is -1.59. The summed E-state index contributed by atoms with van der Waals surface area (Å²) in [5.41, 5.74) is -0.673. The van der Waals surface area contributed by atoms with Crippen LogP contribution in [0.2, 0.25) is 0 Å². The van der Waals surface area contributed by atoms with Gasteiger partial charge in [0.2, 0.25) is 5.91 Å². The number of hydrogen-bond donors (Lipinski definition) is 3. The van der Waals surface area contributed by atoms with Gasteiger partial charge < -0.3 is 10.4 Å². The van der Waals surface area contributed by atoms with Gasteiger partial charge in [0.15, 0.2) is 0 Å². The van der Waals surface area contributed by atoms with Crippen molar-refractivity contribution in [3.05, 3.63) is 0 Å². The van der Waals surface area contributed by atoms with E-state index in [-0.39, 0.29) is 18.9 Å². The molecule has 0 heterocycles. The van der Waals surface area contributed by atoms with Crippen LogP contribution in [0, 0.1) is 5.41 Å². The van der Waals surface area contributed by atoms with Crippen LogP contribution in [0.25, 0.3) is 0 Å². The summed E-state index contributed by atoms with van der Waals surface area (Å²) in [5.74, 6) is -1.44. The van der Waals surface area contributed by atoms with E-state index in [1.807, 2.05) is 0 Å². The van der Waals surface area contributed by atoms with Gasteiger partial charge in [0, 0.05) is 12.5 Å². The second-order valence-corrected chi connectivity index (χ2v) is 5.09. The van der Waals surface area contributed by atoms with Gasteiger partial charge in [-0.3, -0.25) is 14.9 Å². The number of aliphatic carboxylic acids is 1. The minimum atomic E-state index is -0.963. The second kappa shape index (κ2) is 6.22. The zero-order valence-electron chi connectivity index (χ0n) is 10.7. The second-order valence-electron chi connectivity index (χ2n) is 5.09. The van der Waals surface area contributed by atoms with Crippen LogP contribution >= 0.6 is 0 Å². The number of carboxylic acid groups (broad SMARTS) is 1. The number of hydrogen-bond acceptors (Lipinski definition) is 3. The number of imide groups is 1. The van der Waals surface area contributed by atoms with E-state index in [0.717, 1.165) is 0 Å². The molecule has 6 heteroatoms. The number of urea groups is 1. The van der Waals surface area contributed by atoms with Gasteiger partial charge in [-0.25, -0.2) is 4.79 Å². The fourth-order valence-electron chi connectivity index (χ4n) is 1.38. The quantitative estimate of drug-likeness (QED) is 0.675. The highest BCUT2D eigenvalue weighted by molar-refractivity contribution is 5.94. The van der Waals surface area contributed by atoms with Crippen molar-refractivity contribution in [3.8, 4) is 0 Å². The molecular weight excluding hydrogens is 224 g/mol. The molecule has 0 radical (unpaired) electrons. The Morgan fingerprint density at radius 3 is 2.12 bits per heavy atom. The third-order valence-corrected chi connectivity index (χ3v) is 1.94. The number of carbonyl (C=O) groups is 3. The lowest BCUT2D eigenvalue weighted by atomic mass is 9.85. The molecule has 0 aromatic heterocycles. The summed E-state index contributed by atoms with van der Waals surface area (Å²) in [6, 6.07) is -0.619. The van der Waals surface area contributed by atoms with Crippen LogP contribution in [0.15, 0.2) is 0 Å². The van der Waals surface area contributed by atoms with Crippen LogP contribution in [-0.4, -0.2) is 29.1 Å². The van der Waals surface area contributed by atoms with E-state index in [1.54, 1.807) is 27.7 Å². The molecule has 0 aliphatic rings. The first-order valence-electron chi connectivity index (χ1n) is 5.44. The molecule has 0 atom stereocenters. The smallest absolute Gasteiger partial charge is 0.321 e. The third kappa shape index (κ3) is 8.24. The van der Waals surface area contributed by atoms with Gasteiger partial charge in [0.25, 0.3) is 0 Å². The number of rotatable bonds is 5. The topological polar surface area (TPSA) is 95.5 Å². The molecule has 3 N–H and O–H groups in total. The summed E-state index contributed by atoms with van der Waals surface area (Å²) < 4.78 is 0. The lowest BCUT2D eigenvalue weighted by Crippen LogP contribution is -2.43. The molecule has 0 unspecified atom stereocenters. The Morgan fingerprint density at radius 2 is 1.71 bits per heavy atom. The van der Waals surface area contributed by atoms with Crippen molar-refractivity contribution >= 4 is 17.9 Å². The van der Waals surface area contributed by atoms with Crippen LogP contribution in [-0.2, 0) is 9.59 Å². The molecule has 0 rings (SSSR count). The van der Waals surface area contributed by atoms with Crippen LogP contribution in [0.3, 0.4) is 0 Å². The van der Waals surface area contributed by atoms with Crippen LogP contribution in [0.4, 0.5) is 4.79 Å². The van der Waals surface area contributed by atoms with E-state index >= 15 is 0 Å². The zero-order chi connectivity index (χ0) is 13.6. The Kier molecular flexibility index (Phi) is 5.64. The fourth-order valence-corrected chi connectivity index (χ4v) is 1.38. The van der Waals surface area contributed by atoms with Gasteiger partial charge in [0.05, 0.1) is 6.42 Å². The van der Waals surface area contributed by atoms with E-state index < -0.39 is 23.3 Å². The highest BCUT2D eigenvalue weighted by atomic mass is 16.4. The van der Waals surface area contributed by atoms with Crippen molar-refractivity contribution in [2.24, 2.45) is 5.41 Å². The van der Waals surface area contributed by atoms with Gasteiger partial charge in [-0.05, 0) is 19.3 Å². The first kappa shape index (κ1) is 15.4. The largest absolute Gasteiger partial charge is 0.481 e. The van der Waals surface area contributed by atoms with Crippen LogP contribution in [0.1, 0.15) is 40.5 Å². The normalized spacial score (nSPS) is 11.1. The Bertz CT molecular complexity index is 311. The molecule has 0 aliphatic carbocycles. The van der Waals surface area contributed by atoms with Crippen LogP contribution < -0.4 is 10.6 Å². The minimum Gasteiger partial charge on any atom is -0.481 e. The average Bonchev–Trinajstić information content (AvgIpc) is 1.95. The Balaban J connectivity index is 4.17. The molecule has 0 aromatic rings. The SMILES string of the molecule is CC(C)NC(=O)NC(=O)CC(C)(C)CC(=O)O. The lowest BCUT2D eigenvalue weighted by Gasteiger charge is -2.21. The van der Waals surface area contributed by atoms with Crippen LogP contribution in [0.5, 0.6) is 0 Å². The van der Waals surface area contributed by atoms with E-state index in [9.17, 15) is 14.4 Å². The highest BCUT2D eigenvalue weighted by Crippen LogP contribution is 2.24. The third-order valence-electron chi connectivity index (χ3n) is 1.94. The van der Waals surface area contributed by atoms with Gasteiger partial charge in [0.1, 0.15) is 0 Å². The number of carbonyl (C=O) groups excluding carboxylic acids is 2. The highest BCUT2D eigenvalue weighted by Gasteiger charge is 2.25. The summed E-state index contributed by atoms with van der Waals surface area (Å²) in [7, 11) is 0. The van der Waals surface area contributed by atoms with E-state index in [1.165, 1.54) is 0 Å². The van der Waals surface area contributed by atoms with Crippen molar-refractivity contribution in [2.75, 3.05) is 0 Å². The first-order chi connectivity index (χ1) is 7.62. The maximum atomic E-state index is 11.5. The molecule has 0 aromatic carbocycles. The molecule has 6 nitrogen and oxygen atoms in total. The van der Waals surface area contributed by atoms with E-state index in [4.69, 9.17) is 5.11 Å². The molecule has 98 valence electrons. The summed E-state index contributed by atoms with van der Waals surface area (Å²) in [5, 5.41) is 13.3. The molecule has 0 aliphatic heterocycles. The molecule has 0 fully saturated rings. The predicted octanol–water partition coefficient (Wildman–Crippen LogP) is 1.11. The maximum absolute atomic E-state index is 11.5. The molecule has 17 heavy (non-hydrogen) atoms. The fraction of sp³-hybridized carbons (Fsp3) is 0.727. The Labute approximate surface area is 101 Å². The van der Waals surface area contributed by atoms with Gasteiger partial charge in [-0.15, -0.1) is 0 Å². The molecule has 0 spiro atoms. The summed E-state index contributed by atoms with van der Waals surface area (Å²) >= 11 is 0. The molecule has 0 saturated heterocycles. The van der Waals surface area contributed by atoms with E-state index in [0.29, 0.717) is 0 Å². The number of amides is 3. The monoisotopic (exact) mass is 244 g/mol. The minimum absolute atomic E-state index is 0.00911. The number of carboxylic acids is 1. The molecule has 0 bridgehead atoms. The van der Waals surface area contributed by atoms with Gasteiger partial charge >= 0.3 is 12.0 Å². The predicted molar refractivity (Wildman–Crippen MR) is 62.5 cm³/mol. The van der Waals surface area contributed by atoms with Crippen molar-refractivity contribution < 1.29 is 19.5 Å². The average molecular weight is 244 g/mol. The molecule has 3 amide bonds. The van der Waals surface area contributed by atoms with Gasteiger partial charge in [-0.2, -0.15) is 0 Å². The van der Waals surface area contributed by atoms with Crippen molar-refractivity contribution in [1.29, 1.82) is 0 Å². The molecule has 0 saturated carbocycles. The van der Waals surface area contributed by atoms with E-state index in [2.05, 4.69) is 10.6 Å². The standard InChI is InChI=1S/C11H20N2O4/c1-7(2)12-10(17)13-8(14)5-11(3,4)6-9(15)16/h7H,5-6H2,1-4H3,(H,15,16)(H2,12,13,14,17). The van der Waals surface area contributed by atoms with Crippen molar-refractivity contribution in [1.82, 2.24) is 10.6 Å². The zero-order valence-corrected chi connectivity index (χ0v) is 10.7. The lowest BCUT2D eigenvalue weighted by molar-refractivity contribution is -0.139. The van der Waals surface area contributed by atoms with Crippen molar-refractivity contribution in [3.63, 3.8) is 0 Å². The van der Waals surface area contributed by atoms with Gasteiger partial charge in [-0.1, -0.05) is 13.8 Å². The number of nitrogens with one attached hydrogen (secondary N) is 2. The summed E-state index contributed by atoms with van der Waals surface area (Å²) in [4.78, 5) is 33.2.